The molecule has 24 heavy (non-hydrogen) atoms. The van der Waals surface area contributed by atoms with E-state index in [2.05, 4.69) is 5.32 Å². The molecule has 0 bridgehead atoms. The van der Waals surface area contributed by atoms with Crippen molar-refractivity contribution in [1.82, 2.24) is 0 Å². The van der Waals surface area contributed by atoms with Gasteiger partial charge in [-0.1, -0.05) is 24.3 Å². The molecular weight excluding hydrogens is 333 g/mol. The van der Waals surface area contributed by atoms with Crippen molar-refractivity contribution in [2.24, 2.45) is 0 Å². The number of para-hydroxylation sites is 2. The molecule has 2 rings (SSSR count). The fourth-order valence-electron chi connectivity index (χ4n) is 1.82. The van der Waals surface area contributed by atoms with E-state index in [0.717, 1.165) is 4.90 Å². The maximum absolute atomic E-state index is 13.3. The molecule has 0 fully saturated rings. The highest BCUT2D eigenvalue weighted by Crippen LogP contribution is 2.24. The van der Waals surface area contributed by atoms with E-state index >= 15 is 0 Å². The summed E-state index contributed by atoms with van der Waals surface area (Å²) in [4.78, 5) is 24.3. The Kier molecular flexibility index (Phi) is 6.62. The van der Waals surface area contributed by atoms with Crippen LogP contribution in [0.1, 0.15) is 0 Å². The van der Waals surface area contributed by atoms with Crippen molar-refractivity contribution in [3.05, 3.63) is 54.3 Å². The van der Waals surface area contributed by atoms with Crippen LogP contribution in [0.25, 0.3) is 0 Å². The Bertz CT molecular complexity index is 723. The number of carbonyl (C=O) groups is 2. The molecule has 7 heteroatoms. The van der Waals surface area contributed by atoms with E-state index in [0.29, 0.717) is 5.69 Å². The van der Waals surface area contributed by atoms with E-state index in [9.17, 15) is 14.0 Å². The summed E-state index contributed by atoms with van der Waals surface area (Å²) in [7, 11) is 0. The molecule has 0 spiro atoms. The number of esters is 1. The minimum atomic E-state index is -0.758. The first-order chi connectivity index (χ1) is 11.6. The van der Waals surface area contributed by atoms with Crippen LogP contribution in [0.4, 0.5) is 10.1 Å². The number of rotatable bonds is 7. The van der Waals surface area contributed by atoms with Crippen LogP contribution >= 0.6 is 11.8 Å². The van der Waals surface area contributed by atoms with E-state index < -0.39 is 30.9 Å². The van der Waals surface area contributed by atoms with Gasteiger partial charge in [0.15, 0.2) is 24.8 Å². The number of halogens is 1. The molecule has 5 nitrogen and oxygen atoms in total. The van der Waals surface area contributed by atoms with E-state index in [-0.39, 0.29) is 5.75 Å². The Morgan fingerprint density at radius 2 is 1.79 bits per heavy atom. The molecule has 0 saturated carbocycles. The van der Waals surface area contributed by atoms with Crippen LogP contribution in [0, 0.1) is 5.82 Å². The fraction of sp³-hybridized carbons (Fsp3) is 0.176. The van der Waals surface area contributed by atoms with Gasteiger partial charge in [-0.25, -0.2) is 9.18 Å². The number of thioether (sulfide) groups is 1. The summed E-state index contributed by atoms with van der Waals surface area (Å²) in [5, 5.41) is 2.66. The van der Waals surface area contributed by atoms with Crippen LogP contribution in [-0.2, 0) is 14.3 Å². The van der Waals surface area contributed by atoms with Gasteiger partial charge in [0.25, 0.3) is 5.91 Å². The van der Waals surface area contributed by atoms with Gasteiger partial charge >= 0.3 is 5.97 Å². The number of carbonyl (C=O) groups excluding carboxylic acids is 2. The predicted octanol–water partition coefficient (Wildman–Crippen LogP) is 3.11. The topological polar surface area (TPSA) is 64.6 Å². The molecule has 0 radical (unpaired) electrons. The maximum atomic E-state index is 13.3. The number of anilines is 1. The third-order valence-corrected chi connectivity index (χ3v) is 3.72. The summed E-state index contributed by atoms with van der Waals surface area (Å²) < 4.78 is 23.1. The summed E-state index contributed by atoms with van der Waals surface area (Å²) in [6.45, 7) is -0.919. The van der Waals surface area contributed by atoms with Crippen LogP contribution in [0.15, 0.2) is 53.4 Å². The molecule has 0 aliphatic heterocycles. The number of hydrogen-bond acceptors (Lipinski definition) is 5. The van der Waals surface area contributed by atoms with Crippen LogP contribution in [0.3, 0.4) is 0 Å². The van der Waals surface area contributed by atoms with E-state index in [4.69, 9.17) is 9.47 Å². The molecule has 0 atom stereocenters. The van der Waals surface area contributed by atoms with Crippen LogP contribution in [0.5, 0.6) is 5.75 Å². The number of ether oxygens (including phenoxy) is 2. The lowest BCUT2D eigenvalue weighted by Crippen LogP contribution is -2.24. The number of hydrogen-bond donors (Lipinski definition) is 1. The molecule has 2 aromatic rings. The minimum absolute atomic E-state index is 0.0483. The van der Waals surface area contributed by atoms with Gasteiger partial charge in [-0.15, -0.1) is 11.8 Å². The Hall–Kier alpha value is -2.54. The summed E-state index contributed by atoms with van der Waals surface area (Å²) in [5.74, 6) is -1.84. The SMILES string of the molecule is CSc1ccccc1NC(=O)COC(=O)COc1ccccc1F. The quantitative estimate of drug-likeness (QED) is 0.615. The van der Waals surface area contributed by atoms with E-state index in [1.165, 1.54) is 30.0 Å². The molecular formula is C17H16FNO4S. The molecule has 0 aliphatic rings. The molecule has 0 aliphatic carbocycles. The zero-order valence-electron chi connectivity index (χ0n) is 13.0. The molecule has 0 heterocycles. The zero-order chi connectivity index (χ0) is 17.4. The van der Waals surface area contributed by atoms with Crippen molar-refractivity contribution in [3.63, 3.8) is 0 Å². The van der Waals surface area contributed by atoms with Gasteiger partial charge in [0.2, 0.25) is 0 Å². The van der Waals surface area contributed by atoms with Gasteiger partial charge in [0.1, 0.15) is 0 Å². The molecule has 0 unspecified atom stereocenters. The lowest BCUT2D eigenvalue weighted by molar-refractivity contribution is -0.149. The van der Waals surface area contributed by atoms with Gasteiger partial charge < -0.3 is 14.8 Å². The molecule has 126 valence electrons. The van der Waals surface area contributed by atoms with Crippen molar-refractivity contribution in [3.8, 4) is 5.75 Å². The van der Waals surface area contributed by atoms with Crippen molar-refractivity contribution in [1.29, 1.82) is 0 Å². The minimum Gasteiger partial charge on any atom is -0.479 e. The Balaban J connectivity index is 1.77. The average Bonchev–Trinajstić information content (AvgIpc) is 2.59. The van der Waals surface area contributed by atoms with Crippen LogP contribution in [0.2, 0.25) is 0 Å². The Labute approximate surface area is 143 Å². The largest absolute Gasteiger partial charge is 0.479 e. The monoisotopic (exact) mass is 349 g/mol. The lowest BCUT2D eigenvalue weighted by atomic mass is 10.3. The molecule has 1 amide bonds. The summed E-state index contributed by atoms with van der Waals surface area (Å²) in [6, 6.07) is 13.0. The van der Waals surface area contributed by atoms with Gasteiger partial charge in [-0.05, 0) is 30.5 Å². The summed E-state index contributed by atoms with van der Waals surface area (Å²) in [6.07, 6.45) is 1.89. The molecule has 0 saturated heterocycles. The van der Waals surface area contributed by atoms with Gasteiger partial charge in [0, 0.05) is 4.90 Å². The standard InChI is InChI=1S/C17H16FNO4S/c1-24-15-9-5-3-7-13(15)19-16(20)10-23-17(21)11-22-14-8-4-2-6-12(14)18/h2-9H,10-11H2,1H3,(H,19,20). The van der Waals surface area contributed by atoms with Gasteiger partial charge in [-0.2, -0.15) is 0 Å². The number of benzene rings is 2. The van der Waals surface area contributed by atoms with Crippen molar-refractivity contribution < 1.29 is 23.5 Å². The van der Waals surface area contributed by atoms with E-state index in [1.807, 2.05) is 18.4 Å². The van der Waals surface area contributed by atoms with Crippen molar-refractivity contribution in [2.75, 3.05) is 24.8 Å². The first-order valence-electron chi connectivity index (χ1n) is 7.06. The van der Waals surface area contributed by atoms with Crippen molar-refractivity contribution in [2.45, 2.75) is 4.90 Å². The third-order valence-electron chi connectivity index (χ3n) is 2.93. The third kappa shape index (κ3) is 5.27. The molecule has 1 N–H and O–H groups in total. The predicted molar refractivity (Wildman–Crippen MR) is 89.7 cm³/mol. The van der Waals surface area contributed by atoms with Crippen LogP contribution in [-0.4, -0.2) is 31.3 Å². The smallest absolute Gasteiger partial charge is 0.344 e. The second-order valence-corrected chi connectivity index (χ2v) is 5.48. The Morgan fingerprint density at radius 1 is 1.08 bits per heavy atom. The highest BCUT2D eigenvalue weighted by Gasteiger charge is 2.11. The average molecular weight is 349 g/mol. The number of nitrogens with one attached hydrogen (secondary N) is 1. The fourth-order valence-corrected chi connectivity index (χ4v) is 2.37. The first kappa shape index (κ1) is 17.8. The van der Waals surface area contributed by atoms with E-state index in [1.54, 1.807) is 18.2 Å². The van der Waals surface area contributed by atoms with Crippen LogP contribution < -0.4 is 10.1 Å². The second-order valence-electron chi connectivity index (χ2n) is 4.63. The lowest BCUT2D eigenvalue weighted by Gasteiger charge is -2.10. The Morgan fingerprint density at radius 3 is 2.54 bits per heavy atom. The van der Waals surface area contributed by atoms with Crippen molar-refractivity contribution >= 4 is 29.3 Å². The maximum Gasteiger partial charge on any atom is 0.344 e. The zero-order valence-corrected chi connectivity index (χ0v) is 13.8. The summed E-state index contributed by atoms with van der Waals surface area (Å²) in [5.41, 5.74) is 0.647. The first-order valence-corrected chi connectivity index (χ1v) is 8.28. The molecule has 0 aromatic heterocycles. The van der Waals surface area contributed by atoms with Gasteiger partial charge in [-0.3, -0.25) is 4.79 Å². The van der Waals surface area contributed by atoms with Gasteiger partial charge in [0.05, 0.1) is 5.69 Å². The highest BCUT2D eigenvalue weighted by atomic mass is 32.2. The second kappa shape index (κ2) is 8.93. The normalized spacial score (nSPS) is 10.1. The molecule has 2 aromatic carbocycles. The highest BCUT2D eigenvalue weighted by molar-refractivity contribution is 7.98. The summed E-state index contributed by atoms with van der Waals surface area (Å²) >= 11 is 1.49. The number of amides is 1.